The van der Waals surface area contributed by atoms with Crippen LogP contribution >= 0.6 is 0 Å². The highest BCUT2D eigenvalue weighted by Gasteiger charge is 2.10. The van der Waals surface area contributed by atoms with Crippen LogP contribution in [0.1, 0.15) is 40.3 Å². The summed E-state index contributed by atoms with van der Waals surface area (Å²) < 4.78 is 5.59. The summed E-state index contributed by atoms with van der Waals surface area (Å²) in [5.41, 5.74) is 0.911. The normalized spacial score (nSPS) is 12.9. The van der Waals surface area contributed by atoms with Crippen molar-refractivity contribution in [3.05, 3.63) is 11.8 Å². The van der Waals surface area contributed by atoms with Gasteiger partial charge in [-0.05, 0) is 33.6 Å². The van der Waals surface area contributed by atoms with Crippen molar-refractivity contribution in [2.75, 3.05) is 5.32 Å². The molecule has 1 atom stereocenters. The molecule has 4 heteroatoms. The molecule has 1 rings (SSSR count). The van der Waals surface area contributed by atoms with Gasteiger partial charge < -0.3 is 10.1 Å². The van der Waals surface area contributed by atoms with Crippen LogP contribution in [0.3, 0.4) is 0 Å². The Morgan fingerprint density at radius 2 is 1.76 bits per heavy atom. The van der Waals surface area contributed by atoms with Gasteiger partial charge in [0.25, 0.3) is 0 Å². The van der Waals surface area contributed by atoms with Crippen molar-refractivity contribution < 1.29 is 4.74 Å². The molecule has 0 fully saturated rings. The summed E-state index contributed by atoms with van der Waals surface area (Å²) in [5.74, 6) is 1.81. The Labute approximate surface area is 104 Å². The summed E-state index contributed by atoms with van der Waals surface area (Å²) in [7, 11) is 0. The number of hydrogen-bond acceptors (Lipinski definition) is 4. The van der Waals surface area contributed by atoms with Crippen LogP contribution in [0.15, 0.2) is 6.07 Å². The molecular weight excluding hydrogens is 214 g/mol. The summed E-state index contributed by atoms with van der Waals surface area (Å²) in [6.07, 6.45) is 0.125. The number of nitrogens with one attached hydrogen (secondary N) is 1. The molecule has 0 radical (unpaired) electrons. The first-order valence-corrected chi connectivity index (χ1v) is 6.17. The van der Waals surface area contributed by atoms with Crippen molar-refractivity contribution in [3.8, 4) is 5.88 Å². The number of hydrogen-bond donors (Lipinski definition) is 1. The van der Waals surface area contributed by atoms with E-state index in [1.54, 1.807) is 0 Å². The molecule has 4 nitrogen and oxygen atoms in total. The summed E-state index contributed by atoms with van der Waals surface area (Å²) >= 11 is 0. The molecule has 0 aliphatic rings. The van der Waals surface area contributed by atoms with E-state index in [2.05, 4.69) is 36.1 Å². The van der Waals surface area contributed by atoms with E-state index in [4.69, 9.17) is 4.74 Å². The second-order valence-corrected chi connectivity index (χ2v) is 5.01. The minimum Gasteiger partial charge on any atom is -0.475 e. The summed E-state index contributed by atoms with van der Waals surface area (Å²) in [6.45, 7) is 12.4. The Balaban J connectivity index is 2.82. The zero-order valence-electron chi connectivity index (χ0n) is 11.6. The third-order valence-corrected chi connectivity index (χ3v) is 2.54. The molecule has 17 heavy (non-hydrogen) atoms. The van der Waals surface area contributed by atoms with Gasteiger partial charge in [-0.2, -0.15) is 4.98 Å². The van der Waals surface area contributed by atoms with Crippen molar-refractivity contribution in [1.82, 2.24) is 9.97 Å². The molecule has 0 saturated heterocycles. The molecular formula is C13H23N3O. The predicted molar refractivity (Wildman–Crippen MR) is 70.5 cm³/mol. The Kier molecular flexibility index (Phi) is 4.73. The molecule has 0 amide bonds. The maximum Gasteiger partial charge on any atom is 0.226 e. The van der Waals surface area contributed by atoms with Crippen LogP contribution < -0.4 is 10.1 Å². The summed E-state index contributed by atoms with van der Waals surface area (Å²) in [4.78, 5) is 8.71. The molecule has 0 spiro atoms. The van der Waals surface area contributed by atoms with Gasteiger partial charge in [0.1, 0.15) is 0 Å². The maximum atomic E-state index is 5.59. The Hall–Kier alpha value is -1.32. The maximum absolute atomic E-state index is 5.59. The summed E-state index contributed by atoms with van der Waals surface area (Å²) in [5, 5.41) is 3.29. The highest BCUT2D eigenvalue weighted by atomic mass is 16.5. The van der Waals surface area contributed by atoms with E-state index in [1.165, 1.54) is 0 Å². The number of rotatable bonds is 5. The SMILES string of the molecule is Cc1cc(OC(C)C)nc(NC(C)C(C)C)n1. The largest absolute Gasteiger partial charge is 0.475 e. The van der Waals surface area contributed by atoms with Crippen LogP contribution in [0.2, 0.25) is 0 Å². The standard InChI is InChI=1S/C13H23N3O/c1-8(2)11(6)15-13-14-10(5)7-12(16-13)17-9(3)4/h7-9,11H,1-6H3,(H,14,15,16). The zero-order chi connectivity index (χ0) is 13.0. The highest BCUT2D eigenvalue weighted by Crippen LogP contribution is 2.15. The van der Waals surface area contributed by atoms with Crippen LogP contribution in [0.25, 0.3) is 0 Å². The quantitative estimate of drug-likeness (QED) is 0.855. The van der Waals surface area contributed by atoms with Crippen LogP contribution in [0.5, 0.6) is 5.88 Å². The fourth-order valence-electron chi connectivity index (χ4n) is 1.28. The summed E-state index contributed by atoms with van der Waals surface area (Å²) in [6, 6.07) is 2.19. The first-order valence-electron chi connectivity index (χ1n) is 6.17. The molecule has 0 aliphatic carbocycles. The molecule has 0 aromatic carbocycles. The van der Waals surface area contributed by atoms with Gasteiger partial charge in [0.05, 0.1) is 6.10 Å². The van der Waals surface area contributed by atoms with E-state index in [1.807, 2.05) is 26.8 Å². The number of aryl methyl sites for hydroxylation is 1. The molecule has 1 unspecified atom stereocenters. The van der Waals surface area contributed by atoms with Gasteiger partial charge in [0, 0.05) is 17.8 Å². The second-order valence-electron chi connectivity index (χ2n) is 5.01. The van der Waals surface area contributed by atoms with Crippen LogP contribution in [-0.4, -0.2) is 22.1 Å². The van der Waals surface area contributed by atoms with Gasteiger partial charge in [-0.25, -0.2) is 4.98 Å². The van der Waals surface area contributed by atoms with E-state index in [-0.39, 0.29) is 6.10 Å². The van der Waals surface area contributed by atoms with Crippen molar-refractivity contribution in [2.24, 2.45) is 5.92 Å². The van der Waals surface area contributed by atoms with E-state index < -0.39 is 0 Å². The van der Waals surface area contributed by atoms with Gasteiger partial charge in [-0.3, -0.25) is 0 Å². The zero-order valence-corrected chi connectivity index (χ0v) is 11.6. The molecule has 1 aromatic heterocycles. The number of ether oxygens (including phenoxy) is 1. The van der Waals surface area contributed by atoms with Crippen molar-refractivity contribution in [1.29, 1.82) is 0 Å². The minimum absolute atomic E-state index is 0.125. The van der Waals surface area contributed by atoms with Crippen molar-refractivity contribution in [2.45, 2.75) is 53.7 Å². The molecule has 0 bridgehead atoms. The molecule has 1 aromatic rings. The molecule has 96 valence electrons. The van der Waals surface area contributed by atoms with Crippen LogP contribution in [0, 0.1) is 12.8 Å². The first-order chi connectivity index (χ1) is 7.88. The molecule has 1 N–H and O–H groups in total. The van der Waals surface area contributed by atoms with Crippen molar-refractivity contribution >= 4 is 5.95 Å². The fraction of sp³-hybridized carbons (Fsp3) is 0.692. The van der Waals surface area contributed by atoms with Gasteiger partial charge in [-0.1, -0.05) is 13.8 Å². The first kappa shape index (κ1) is 13.7. The van der Waals surface area contributed by atoms with Gasteiger partial charge in [0.15, 0.2) is 0 Å². The predicted octanol–water partition coefficient (Wildman–Crippen LogP) is 3.03. The Morgan fingerprint density at radius 1 is 1.12 bits per heavy atom. The van der Waals surface area contributed by atoms with Crippen LogP contribution in [-0.2, 0) is 0 Å². The van der Waals surface area contributed by atoms with E-state index in [0.717, 1.165) is 5.69 Å². The topological polar surface area (TPSA) is 47.0 Å². The second kappa shape index (κ2) is 5.84. The smallest absolute Gasteiger partial charge is 0.226 e. The third kappa shape index (κ3) is 4.59. The van der Waals surface area contributed by atoms with E-state index in [0.29, 0.717) is 23.8 Å². The van der Waals surface area contributed by atoms with Crippen molar-refractivity contribution in [3.63, 3.8) is 0 Å². The minimum atomic E-state index is 0.125. The van der Waals surface area contributed by atoms with Crippen LogP contribution in [0.4, 0.5) is 5.95 Å². The third-order valence-electron chi connectivity index (χ3n) is 2.54. The molecule has 0 aliphatic heterocycles. The molecule has 1 heterocycles. The Bertz CT molecular complexity index is 364. The van der Waals surface area contributed by atoms with E-state index >= 15 is 0 Å². The number of aromatic nitrogens is 2. The Morgan fingerprint density at radius 3 is 2.29 bits per heavy atom. The lowest BCUT2D eigenvalue weighted by molar-refractivity contribution is 0.232. The molecule has 0 saturated carbocycles. The van der Waals surface area contributed by atoms with Gasteiger partial charge in [-0.15, -0.1) is 0 Å². The lowest BCUT2D eigenvalue weighted by Gasteiger charge is -2.18. The highest BCUT2D eigenvalue weighted by molar-refractivity contribution is 5.31. The number of nitrogens with zero attached hydrogens (tertiary/aromatic N) is 2. The lowest BCUT2D eigenvalue weighted by Crippen LogP contribution is -2.23. The fourth-order valence-corrected chi connectivity index (χ4v) is 1.28. The average Bonchev–Trinajstić information content (AvgIpc) is 2.14. The average molecular weight is 237 g/mol. The number of anilines is 1. The van der Waals surface area contributed by atoms with E-state index in [9.17, 15) is 0 Å². The van der Waals surface area contributed by atoms with Gasteiger partial charge >= 0.3 is 0 Å². The van der Waals surface area contributed by atoms with Gasteiger partial charge in [0.2, 0.25) is 11.8 Å². The monoisotopic (exact) mass is 237 g/mol. The lowest BCUT2D eigenvalue weighted by atomic mass is 10.1.